The van der Waals surface area contributed by atoms with E-state index in [0.29, 0.717) is 5.92 Å². The Hall–Kier alpha value is -0.830. The third kappa shape index (κ3) is 2.46. The van der Waals surface area contributed by atoms with E-state index < -0.39 is 0 Å². The molecule has 0 saturated heterocycles. The van der Waals surface area contributed by atoms with E-state index in [9.17, 15) is 5.11 Å². The van der Waals surface area contributed by atoms with E-state index in [1.54, 1.807) is 0 Å². The molecule has 0 atom stereocenters. The highest BCUT2D eigenvalue weighted by Gasteiger charge is 2.23. The first-order valence-corrected chi connectivity index (χ1v) is 6.21. The number of hydrogen-bond donors (Lipinski definition) is 1. The Labute approximate surface area is 97.5 Å². The van der Waals surface area contributed by atoms with Crippen molar-refractivity contribution in [3.8, 4) is 0 Å². The van der Waals surface area contributed by atoms with Crippen molar-refractivity contribution >= 4 is 0 Å². The minimum Gasteiger partial charge on any atom is -0.393 e. The number of aliphatic hydroxyl groups excluding tert-OH is 1. The van der Waals surface area contributed by atoms with Gasteiger partial charge in [-0.25, -0.2) is 0 Å². The van der Waals surface area contributed by atoms with Crippen LogP contribution in [-0.4, -0.2) is 21.0 Å². The summed E-state index contributed by atoms with van der Waals surface area (Å²) in [6.07, 6.45) is 5.98. The third-order valence-electron chi connectivity index (χ3n) is 3.41. The van der Waals surface area contributed by atoms with Gasteiger partial charge in [-0.05, 0) is 52.5 Å². The van der Waals surface area contributed by atoms with Crippen molar-refractivity contribution in [2.45, 2.75) is 64.0 Å². The van der Waals surface area contributed by atoms with Gasteiger partial charge in [0, 0.05) is 12.1 Å². The average molecular weight is 222 g/mol. The summed E-state index contributed by atoms with van der Waals surface area (Å²) in [7, 11) is 0. The van der Waals surface area contributed by atoms with Gasteiger partial charge < -0.3 is 5.11 Å². The monoisotopic (exact) mass is 222 g/mol. The van der Waals surface area contributed by atoms with Gasteiger partial charge >= 0.3 is 0 Å². The Morgan fingerprint density at radius 1 is 1.25 bits per heavy atom. The minimum absolute atomic E-state index is 0.0619. The Morgan fingerprint density at radius 2 is 1.88 bits per heavy atom. The molecule has 0 amide bonds. The molecule has 0 bridgehead atoms. The number of aliphatic hydroxyl groups is 1. The summed E-state index contributed by atoms with van der Waals surface area (Å²) in [5.41, 5.74) is 1.26. The predicted octanol–water partition coefficient (Wildman–Crippen LogP) is 2.66. The molecule has 0 spiro atoms. The third-order valence-corrected chi connectivity index (χ3v) is 3.41. The summed E-state index contributed by atoms with van der Waals surface area (Å²) in [6.45, 7) is 6.48. The first-order valence-electron chi connectivity index (χ1n) is 6.21. The predicted molar refractivity (Wildman–Crippen MR) is 64.4 cm³/mol. The molecule has 90 valence electrons. The largest absolute Gasteiger partial charge is 0.393 e. The van der Waals surface area contributed by atoms with Gasteiger partial charge in [0.2, 0.25) is 0 Å². The summed E-state index contributed by atoms with van der Waals surface area (Å²) in [4.78, 5) is 0. The standard InChI is InChI=1S/C13H22N2O/c1-13(2,3)15-9-8-12(14-15)10-4-6-11(16)7-5-10/h8-11,16H,4-7H2,1-3H3. The lowest BCUT2D eigenvalue weighted by Gasteiger charge is -2.24. The van der Waals surface area contributed by atoms with Crippen molar-refractivity contribution in [3.63, 3.8) is 0 Å². The molecule has 1 heterocycles. The molecule has 0 radical (unpaired) electrons. The number of nitrogens with zero attached hydrogens (tertiary/aromatic N) is 2. The fourth-order valence-corrected chi connectivity index (χ4v) is 2.30. The van der Waals surface area contributed by atoms with E-state index in [4.69, 9.17) is 0 Å². The highest BCUT2D eigenvalue weighted by Crippen LogP contribution is 2.32. The lowest BCUT2D eigenvalue weighted by atomic mass is 9.85. The molecular formula is C13H22N2O. The summed E-state index contributed by atoms with van der Waals surface area (Å²) in [6, 6.07) is 2.13. The molecule has 1 aromatic rings. The molecule has 0 aliphatic heterocycles. The van der Waals surface area contributed by atoms with E-state index in [2.05, 4.69) is 38.1 Å². The highest BCUT2D eigenvalue weighted by atomic mass is 16.3. The van der Waals surface area contributed by atoms with Crippen LogP contribution in [0.5, 0.6) is 0 Å². The molecule has 16 heavy (non-hydrogen) atoms. The van der Waals surface area contributed by atoms with Crippen LogP contribution in [0.2, 0.25) is 0 Å². The molecule has 1 aromatic heterocycles. The first-order chi connectivity index (χ1) is 7.47. The first kappa shape index (κ1) is 11.6. The molecule has 1 aliphatic rings. The Morgan fingerprint density at radius 3 is 2.38 bits per heavy atom. The second kappa shape index (κ2) is 4.21. The average Bonchev–Trinajstić information content (AvgIpc) is 2.67. The van der Waals surface area contributed by atoms with Crippen LogP contribution in [0.3, 0.4) is 0 Å². The van der Waals surface area contributed by atoms with E-state index in [0.717, 1.165) is 25.7 Å². The van der Waals surface area contributed by atoms with Crippen molar-refractivity contribution in [3.05, 3.63) is 18.0 Å². The second-order valence-corrected chi connectivity index (χ2v) is 5.86. The number of hydrogen-bond acceptors (Lipinski definition) is 2. The lowest BCUT2D eigenvalue weighted by molar-refractivity contribution is 0.121. The van der Waals surface area contributed by atoms with E-state index in [-0.39, 0.29) is 11.6 Å². The Kier molecular flexibility index (Phi) is 3.06. The van der Waals surface area contributed by atoms with Gasteiger partial charge in [0.05, 0.1) is 17.3 Å². The van der Waals surface area contributed by atoms with Crippen LogP contribution in [0.1, 0.15) is 58.1 Å². The molecule has 1 saturated carbocycles. The lowest BCUT2D eigenvalue weighted by Crippen LogP contribution is -2.23. The fraction of sp³-hybridized carbons (Fsp3) is 0.769. The molecule has 1 fully saturated rings. The smallest absolute Gasteiger partial charge is 0.0655 e. The maximum atomic E-state index is 9.48. The van der Waals surface area contributed by atoms with Gasteiger partial charge in [-0.1, -0.05) is 0 Å². The topological polar surface area (TPSA) is 38.0 Å². The van der Waals surface area contributed by atoms with Crippen molar-refractivity contribution in [2.75, 3.05) is 0 Å². The summed E-state index contributed by atoms with van der Waals surface area (Å²) < 4.78 is 2.04. The molecule has 0 unspecified atom stereocenters. The molecule has 2 rings (SSSR count). The van der Waals surface area contributed by atoms with Gasteiger partial charge in [-0.2, -0.15) is 5.10 Å². The van der Waals surface area contributed by atoms with Crippen molar-refractivity contribution in [1.29, 1.82) is 0 Å². The SMILES string of the molecule is CC(C)(C)n1ccc(C2CCC(O)CC2)n1. The normalized spacial score (nSPS) is 27.0. The van der Waals surface area contributed by atoms with Crippen LogP contribution in [0.15, 0.2) is 12.3 Å². The molecule has 3 nitrogen and oxygen atoms in total. The van der Waals surface area contributed by atoms with Crippen LogP contribution < -0.4 is 0 Å². The maximum absolute atomic E-state index is 9.48. The highest BCUT2D eigenvalue weighted by molar-refractivity contribution is 5.08. The van der Waals surface area contributed by atoms with Crippen LogP contribution in [-0.2, 0) is 5.54 Å². The maximum Gasteiger partial charge on any atom is 0.0655 e. The Bertz CT molecular complexity index is 343. The summed E-state index contributed by atoms with van der Waals surface area (Å²) in [5.74, 6) is 0.548. The molecule has 3 heteroatoms. The second-order valence-electron chi connectivity index (χ2n) is 5.86. The quantitative estimate of drug-likeness (QED) is 0.793. The van der Waals surface area contributed by atoms with Crippen LogP contribution in [0.25, 0.3) is 0 Å². The van der Waals surface area contributed by atoms with Crippen molar-refractivity contribution < 1.29 is 5.11 Å². The van der Waals surface area contributed by atoms with Gasteiger partial charge in [0.1, 0.15) is 0 Å². The van der Waals surface area contributed by atoms with E-state index in [1.165, 1.54) is 5.69 Å². The summed E-state index contributed by atoms with van der Waals surface area (Å²) in [5, 5.41) is 14.1. The molecule has 1 N–H and O–H groups in total. The van der Waals surface area contributed by atoms with Crippen molar-refractivity contribution in [2.24, 2.45) is 0 Å². The zero-order chi connectivity index (χ0) is 11.8. The molecule has 0 aromatic carbocycles. The van der Waals surface area contributed by atoms with Crippen LogP contribution in [0, 0.1) is 0 Å². The van der Waals surface area contributed by atoms with Gasteiger partial charge in [0.25, 0.3) is 0 Å². The molecule has 1 aliphatic carbocycles. The van der Waals surface area contributed by atoms with Crippen LogP contribution in [0.4, 0.5) is 0 Å². The molecular weight excluding hydrogens is 200 g/mol. The van der Waals surface area contributed by atoms with Gasteiger partial charge in [-0.3, -0.25) is 4.68 Å². The van der Waals surface area contributed by atoms with Gasteiger partial charge in [0.15, 0.2) is 0 Å². The number of aromatic nitrogens is 2. The fourth-order valence-electron chi connectivity index (χ4n) is 2.30. The summed E-state index contributed by atoms with van der Waals surface area (Å²) >= 11 is 0. The van der Waals surface area contributed by atoms with Crippen LogP contribution >= 0.6 is 0 Å². The van der Waals surface area contributed by atoms with Crippen molar-refractivity contribution in [1.82, 2.24) is 9.78 Å². The van der Waals surface area contributed by atoms with E-state index in [1.807, 2.05) is 4.68 Å². The zero-order valence-electron chi connectivity index (χ0n) is 10.5. The van der Waals surface area contributed by atoms with E-state index >= 15 is 0 Å². The van der Waals surface area contributed by atoms with Gasteiger partial charge in [-0.15, -0.1) is 0 Å². The zero-order valence-corrected chi connectivity index (χ0v) is 10.5. The number of rotatable bonds is 1. The Balaban J connectivity index is 2.08. The minimum atomic E-state index is -0.0825.